The summed E-state index contributed by atoms with van der Waals surface area (Å²) in [6.07, 6.45) is 1.68. The maximum atomic E-state index is 5.46. The van der Waals surface area contributed by atoms with Crippen molar-refractivity contribution in [1.29, 1.82) is 0 Å². The van der Waals surface area contributed by atoms with Gasteiger partial charge in [-0.25, -0.2) is 0 Å². The summed E-state index contributed by atoms with van der Waals surface area (Å²) in [7, 11) is 0. The summed E-state index contributed by atoms with van der Waals surface area (Å²) >= 11 is 5.46. The molecule has 0 unspecified atom stereocenters. The van der Waals surface area contributed by atoms with Crippen molar-refractivity contribution in [3.8, 4) is 0 Å². The minimum atomic E-state index is 0.644. The number of thiocarbonyl (C=S) groups is 1. The highest BCUT2D eigenvalue weighted by molar-refractivity contribution is 7.80. The van der Waals surface area contributed by atoms with E-state index in [1.54, 1.807) is 6.26 Å². The van der Waals surface area contributed by atoms with Crippen molar-refractivity contribution >= 4 is 23.0 Å². The number of rotatable bonds is 3. The Balaban J connectivity index is 1.48. The number of furan rings is 1. The Morgan fingerprint density at radius 3 is 2.48 bits per heavy atom. The molecule has 21 heavy (non-hydrogen) atoms. The summed E-state index contributed by atoms with van der Waals surface area (Å²) in [4.78, 5) is 4.61. The molecule has 1 aromatic carbocycles. The summed E-state index contributed by atoms with van der Waals surface area (Å²) in [6, 6.07) is 14.4. The fourth-order valence-corrected chi connectivity index (χ4v) is 2.75. The lowest BCUT2D eigenvalue weighted by atomic mass is 10.2. The van der Waals surface area contributed by atoms with Gasteiger partial charge in [-0.15, -0.1) is 0 Å². The molecule has 0 aliphatic carbocycles. The number of hydrogen-bond acceptors (Lipinski definition) is 3. The monoisotopic (exact) mass is 301 g/mol. The number of piperazine rings is 1. The van der Waals surface area contributed by atoms with E-state index in [2.05, 4.69) is 39.4 Å². The average molecular weight is 301 g/mol. The zero-order chi connectivity index (χ0) is 14.5. The van der Waals surface area contributed by atoms with Gasteiger partial charge < -0.3 is 19.5 Å². The Morgan fingerprint density at radius 1 is 1.05 bits per heavy atom. The molecule has 0 bridgehead atoms. The van der Waals surface area contributed by atoms with Gasteiger partial charge >= 0.3 is 0 Å². The Hall–Kier alpha value is -2.01. The Bertz CT molecular complexity index is 562. The Labute approximate surface area is 130 Å². The van der Waals surface area contributed by atoms with Crippen LogP contribution < -0.4 is 10.2 Å². The second-order valence-corrected chi connectivity index (χ2v) is 5.43. The highest BCUT2D eigenvalue weighted by Crippen LogP contribution is 2.15. The quantitative estimate of drug-likeness (QED) is 0.880. The molecule has 2 aromatic rings. The molecular weight excluding hydrogens is 282 g/mol. The normalized spacial score (nSPS) is 15.0. The van der Waals surface area contributed by atoms with E-state index in [1.807, 2.05) is 18.2 Å². The first-order valence-electron chi connectivity index (χ1n) is 7.18. The molecule has 1 fully saturated rings. The third-order valence-corrected chi connectivity index (χ3v) is 4.08. The van der Waals surface area contributed by atoms with Gasteiger partial charge in [0.25, 0.3) is 0 Å². The largest absolute Gasteiger partial charge is 0.467 e. The van der Waals surface area contributed by atoms with Crippen LogP contribution in [0.4, 0.5) is 5.69 Å². The van der Waals surface area contributed by atoms with Crippen LogP contribution in [0.5, 0.6) is 0 Å². The van der Waals surface area contributed by atoms with Crippen molar-refractivity contribution in [2.45, 2.75) is 6.54 Å². The summed E-state index contributed by atoms with van der Waals surface area (Å²) < 4.78 is 5.30. The number of nitrogens with one attached hydrogen (secondary N) is 1. The summed E-state index contributed by atoms with van der Waals surface area (Å²) in [5.74, 6) is 0.903. The van der Waals surface area contributed by atoms with Gasteiger partial charge in [-0.05, 0) is 36.5 Å². The minimum Gasteiger partial charge on any atom is -0.467 e. The predicted molar refractivity (Wildman–Crippen MR) is 88.4 cm³/mol. The number of hydrogen-bond donors (Lipinski definition) is 1. The predicted octanol–water partition coefficient (Wildman–Crippen LogP) is 2.48. The van der Waals surface area contributed by atoms with Gasteiger partial charge in [0.05, 0.1) is 12.8 Å². The topological polar surface area (TPSA) is 31.7 Å². The average Bonchev–Trinajstić information content (AvgIpc) is 3.07. The highest BCUT2D eigenvalue weighted by atomic mass is 32.1. The van der Waals surface area contributed by atoms with Gasteiger partial charge in [-0.1, -0.05) is 18.2 Å². The van der Waals surface area contributed by atoms with Crippen molar-refractivity contribution in [1.82, 2.24) is 10.2 Å². The zero-order valence-corrected chi connectivity index (χ0v) is 12.7. The molecule has 1 N–H and O–H groups in total. The fraction of sp³-hybridized carbons (Fsp3) is 0.312. The van der Waals surface area contributed by atoms with Crippen LogP contribution in [0.3, 0.4) is 0 Å². The molecule has 1 aliphatic rings. The highest BCUT2D eigenvalue weighted by Gasteiger charge is 2.18. The number of benzene rings is 1. The number of nitrogens with zero attached hydrogens (tertiary/aromatic N) is 2. The molecule has 110 valence electrons. The molecule has 4 nitrogen and oxygen atoms in total. The summed E-state index contributed by atoms with van der Waals surface area (Å²) in [6.45, 7) is 4.52. The third kappa shape index (κ3) is 3.55. The second-order valence-electron chi connectivity index (χ2n) is 5.05. The maximum absolute atomic E-state index is 5.46. The first-order chi connectivity index (χ1) is 10.3. The molecular formula is C16H19N3OS. The van der Waals surface area contributed by atoms with Crippen LogP contribution >= 0.6 is 12.2 Å². The second kappa shape index (κ2) is 6.63. The lowest BCUT2D eigenvalue weighted by Gasteiger charge is -2.37. The van der Waals surface area contributed by atoms with Crippen LogP contribution in [0.15, 0.2) is 53.1 Å². The van der Waals surface area contributed by atoms with Crippen LogP contribution in [-0.2, 0) is 6.54 Å². The molecule has 1 aliphatic heterocycles. The van der Waals surface area contributed by atoms with Crippen LogP contribution in [-0.4, -0.2) is 36.2 Å². The smallest absolute Gasteiger partial charge is 0.169 e. The fourth-order valence-electron chi connectivity index (χ4n) is 2.49. The molecule has 0 saturated carbocycles. The van der Waals surface area contributed by atoms with E-state index in [-0.39, 0.29) is 0 Å². The van der Waals surface area contributed by atoms with Gasteiger partial charge in [-0.2, -0.15) is 0 Å². The van der Waals surface area contributed by atoms with E-state index in [0.717, 1.165) is 37.1 Å². The number of para-hydroxylation sites is 1. The first-order valence-corrected chi connectivity index (χ1v) is 7.59. The molecule has 2 heterocycles. The first kappa shape index (κ1) is 13.9. The van der Waals surface area contributed by atoms with Crippen LogP contribution in [0, 0.1) is 0 Å². The van der Waals surface area contributed by atoms with E-state index in [1.165, 1.54) is 5.69 Å². The molecule has 0 amide bonds. The van der Waals surface area contributed by atoms with Crippen molar-refractivity contribution < 1.29 is 4.42 Å². The SMILES string of the molecule is S=C(NCc1ccco1)N1CCN(c2ccccc2)CC1. The molecule has 3 rings (SSSR count). The zero-order valence-electron chi connectivity index (χ0n) is 11.9. The molecule has 1 aromatic heterocycles. The summed E-state index contributed by atoms with van der Waals surface area (Å²) in [5.41, 5.74) is 1.28. The van der Waals surface area contributed by atoms with Crippen molar-refractivity contribution in [3.05, 3.63) is 54.5 Å². The molecule has 0 radical (unpaired) electrons. The lowest BCUT2D eigenvalue weighted by molar-refractivity contribution is 0.377. The maximum Gasteiger partial charge on any atom is 0.169 e. The van der Waals surface area contributed by atoms with Crippen LogP contribution in [0.2, 0.25) is 0 Å². The van der Waals surface area contributed by atoms with E-state index < -0.39 is 0 Å². The number of anilines is 1. The van der Waals surface area contributed by atoms with E-state index in [9.17, 15) is 0 Å². The van der Waals surface area contributed by atoms with Gasteiger partial charge in [0, 0.05) is 31.9 Å². The van der Waals surface area contributed by atoms with E-state index in [0.29, 0.717) is 6.54 Å². The van der Waals surface area contributed by atoms with Gasteiger partial charge in [0.1, 0.15) is 5.76 Å². The van der Waals surface area contributed by atoms with Crippen molar-refractivity contribution in [3.63, 3.8) is 0 Å². The Kier molecular flexibility index (Phi) is 4.40. The van der Waals surface area contributed by atoms with E-state index in [4.69, 9.17) is 16.6 Å². The molecule has 1 saturated heterocycles. The van der Waals surface area contributed by atoms with Gasteiger partial charge in [0.2, 0.25) is 0 Å². The van der Waals surface area contributed by atoms with Gasteiger partial charge in [-0.3, -0.25) is 0 Å². The standard InChI is InChI=1S/C16H19N3OS/c21-16(17-13-15-7-4-12-20-15)19-10-8-18(9-11-19)14-5-2-1-3-6-14/h1-7,12H,8-11,13H2,(H,17,21). The summed E-state index contributed by atoms with van der Waals surface area (Å²) in [5, 5.41) is 4.06. The minimum absolute atomic E-state index is 0.644. The lowest BCUT2D eigenvalue weighted by Crippen LogP contribution is -2.51. The van der Waals surface area contributed by atoms with Crippen molar-refractivity contribution in [2.24, 2.45) is 0 Å². The molecule has 0 atom stereocenters. The van der Waals surface area contributed by atoms with Crippen molar-refractivity contribution in [2.75, 3.05) is 31.1 Å². The van der Waals surface area contributed by atoms with Gasteiger partial charge in [0.15, 0.2) is 5.11 Å². The van der Waals surface area contributed by atoms with Crippen LogP contribution in [0.25, 0.3) is 0 Å². The van der Waals surface area contributed by atoms with E-state index >= 15 is 0 Å². The molecule has 0 spiro atoms. The molecule has 5 heteroatoms. The van der Waals surface area contributed by atoms with Crippen LogP contribution in [0.1, 0.15) is 5.76 Å². The Morgan fingerprint density at radius 2 is 1.81 bits per heavy atom. The third-order valence-electron chi connectivity index (χ3n) is 3.68.